The summed E-state index contributed by atoms with van der Waals surface area (Å²) in [6, 6.07) is 71.9. The number of rotatable bonds is 19. The van der Waals surface area contributed by atoms with Crippen LogP contribution in [0.1, 0.15) is 76.2 Å². The first-order valence-corrected chi connectivity index (χ1v) is 40.7. The molecule has 2 N–H and O–H groups in total. The summed E-state index contributed by atoms with van der Waals surface area (Å²) in [7, 11) is 8.74. The third kappa shape index (κ3) is 26.1. The summed E-state index contributed by atoms with van der Waals surface area (Å²) in [5.74, 6) is 0. The maximum atomic E-state index is 8.66. The monoisotopic (exact) mass is 1340 g/mol. The molecule has 398 valence electrons. The van der Waals surface area contributed by atoms with Crippen molar-refractivity contribution in [1.29, 1.82) is 0 Å². The third-order valence-electron chi connectivity index (χ3n) is 11.8. The van der Waals surface area contributed by atoms with Gasteiger partial charge in [0, 0.05) is 16.9 Å². The van der Waals surface area contributed by atoms with E-state index < -0.39 is 34.2 Å². The Bertz CT molecular complexity index is 2340. The van der Waals surface area contributed by atoms with E-state index in [0.717, 1.165) is 10.0 Å². The Labute approximate surface area is 481 Å². The summed E-state index contributed by atoms with van der Waals surface area (Å²) in [5.41, 5.74) is 2.35. The van der Waals surface area contributed by atoms with Crippen LogP contribution in [0.5, 0.6) is 0 Å². The minimum atomic E-state index is -1.85. The zero-order valence-corrected chi connectivity index (χ0v) is 53.1. The van der Waals surface area contributed by atoms with Crippen LogP contribution in [-0.2, 0) is 29.2 Å². The van der Waals surface area contributed by atoms with Gasteiger partial charge in [-0.25, -0.2) is 0 Å². The Morgan fingerprint density at radius 3 is 0.987 bits per heavy atom. The van der Waals surface area contributed by atoms with Gasteiger partial charge in [0.1, 0.15) is 0 Å². The van der Waals surface area contributed by atoms with Crippen LogP contribution < -0.4 is 31.8 Å². The Morgan fingerprint density at radius 2 is 0.760 bits per heavy atom. The van der Waals surface area contributed by atoms with Crippen molar-refractivity contribution < 1.29 is 26.2 Å². The molecule has 11 heteroatoms. The molecule has 0 amide bonds. The van der Waals surface area contributed by atoms with Crippen molar-refractivity contribution in [1.82, 2.24) is 9.97 Å². The first-order chi connectivity index (χ1) is 36.7. The average Bonchev–Trinajstić information content (AvgIpc) is 3.48. The number of aliphatic hydroxyl groups is 2. The van der Waals surface area contributed by atoms with Crippen molar-refractivity contribution in [3.63, 3.8) is 0 Å². The molecule has 0 bridgehead atoms. The van der Waals surface area contributed by atoms with Crippen LogP contribution in [0.2, 0.25) is 13.3 Å². The van der Waals surface area contributed by atoms with Crippen LogP contribution in [0.3, 0.4) is 0 Å². The van der Waals surface area contributed by atoms with E-state index in [4.69, 9.17) is 29.3 Å². The van der Waals surface area contributed by atoms with Crippen LogP contribution in [0.4, 0.5) is 0 Å². The molecule has 0 radical (unpaired) electrons. The van der Waals surface area contributed by atoms with E-state index in [1.165, 1.54) is 70.4 Å². The maximum Gasteiger partial charge on any atom is -0.0134 e. The van der Waals surface area contributed by atoms with Crippen molar-refractivity contribution in [2.45, 2.75) is 85.8 Å². The van der Waals surface area contributed by atoms with Crippen LogP contribution in [-0.4, -0.2) is 38.6 Å². The van der Waals surface area contributed by atoms with Gasteiger partial charge in [-0.2, -0.15) is 0 Å². The number of halogens is 3. The second kappa shape index (κ2) is 41.5. The Balaban J connectivity index is 0.000000251. The van der Waals surface area contributed by atoms with E-state index >= 15 is 0 Å². The Hall–Kier alpha value is -3.60. The molecule has 6 aromatic carbocycles. The van der Waals surface area contributed by atoms with Gasteiger partial charge in [-0.1, -0.05) is 211 Å². The first kappa shape index (κ1) is 65.7. The van der Waals surface area contributed by atoms with Gasteiger partial charge in [0.25, 0.3) is 0 Å². The van der Waals surface area contributed by atoms with Gasteiger partial charge in [0.15, 0.2) is 0 Å². The minimum absolute atomic E-state index is 0.000556. The van der Waals surface area contributed by atoms with Gasteiger partial charge >= 0.3 is 137 Å². The molecule has 2 heterocycles. The summed E-state index contributed by atoms with van der Waals surface area (Å²) in [6.45, 7) is 14.7. The number of unbranched alkanes of at least 4 members (excludes halogenated alkanes) is 3. The molecule has 4 nitrogen and oxygen atoms in total. The SMILES string of the molecule is C=Cc1ccnc(CO)c1.C=[CH][Sn]([CH2]CCC)([CH2]CCC)[CH2]CCC.OCc1cc(Br)ccn1.[Cl][Pd][Cl].c1ccc(P(c2ccccc2)c2ccccc2)cc1.c1ccc(P(c2ccccc2)c2ccccc2)cc1. The molecule has 0 saturated heterocycles. The topological polar surface area (TPSA) is 66.2 Å². The summed E-state index contributed by atoms with van der Waals surface area (Å²) in [4.78, 5) is 7.79. The fourth-order valence-electron chi connectivity index (χ4n) is 7.87. The molecule has 0 atom stereocenters. The quantitative estimate of drug-likeness (QED) is 0.0625. The van der Waals surface area contributed by atoms with Crippen LogP contribution >= 0.6 is 50.8 Å². The van der Waals surface area contributed by atoms with Crippen molar-refractivity contribution in [2.75, 3.05) is 0 Å². The number of pyridine rings is 2. The zero-order chi connectivity index (χ0) is 54.2. The fourth-order valence-corrected chi connectivity index (χ4v) is 25.8. The molecule has 8 aromatic rings. The molecule has 2 aromatic heterocycles. The molecule has 75 heavy (non-hydrogen) atoms. The van der Waals surface area contributed by atoms with E-state index in [2.05, 4.69) is 246 Å². The van der Waals surface area contributed by atoms with Gasteiger partial charge < -0.3 is 10.2 Å². The largest absolute Gasteiger partial charge is 0.0622 e. The van der Waals surface area contributed by atoms with Gasteiger partial charge in [-0.15, -0.1) is 0 Å². The first-order valence-electron chi connectivity index (χ1n) is 25.5. The fraction of sp³-hybridized carbons (Fsp3) is 0.219. The third-order valence-corrected chi connectivity index (χ3v) is 31.2. The summed E-state index contributed by atoms with van der Waals surface area (Å²) in [5, 5.41) is 25.6. The van der Waals surface area contributed by atoms with Crippen molar-refractivity contribution in [3.05, 3.63) is 257 Å². The number of aliphatic hydroxyl groups excluding tert-OH is 2. The molecule has 0 aliphatic rings. The molecule has 0 aliphatic carbocycles. The van der Waals surface area contributed by atoms with Gasteiger partial charge in [0.2, 0.25) is 0 Å². The van der Waals surface area contributed by atoms with Gasteiger partial charge in [-0.3, -0.25) is 9.97 Å². The summed E-state index contributed by atoms with van der Waals surface area (Å²) >= 11 is 1.29. The zero-order valence-electron chi connectivity index (χ0n) is 43.8. The number of hydrogen-bond donors (Lipinski definition) is 2. The van der Waals surface area contributed by atoms with Gasteiger partial charge in [0.05, 0.1) is 24.6 Å². The number of benzene rings is 6. The molecule has 0 saturated carbocycles. The number of aromatic nitrogens is 2. The predicted molar refractivity (Wildman–Crippen MR) is 335 cm³/mol. The van der Waals surface area contributed by atoms with E-state index in [-0.39, 0.29) is 29.2 Å². The normalized spacial score (nSPS) is 10.4. The predicted octanol–water partition coefficient (Wildman–Crippen LogP) is 16.4. The molecule has 0 spiro atoms. The van der Waals surface area contributed by atoms with Crippen LogP contribution in [0.15, 0.2) is 240 Å². The van der Waals surface area contributed by atoms with Crippen LogP contribution in [0, 0.1) is 0 Å². The van der Waals surface area contributed by atoms with E-state index in [0.29, 0.717) is 11.4 Å². The summed E-state index contributed by atoms with van der Waals surface area (Å²) < 4.78 is 8.11. The molecular weight excluding hydrogens is 1270 g/mol. The standard InChI is InChI=1S/2C18H15P.C8H9NO.C6H6BrNO.3C4H9.C2H3.2ClH.Pd.Sn/c2*1-4-10-16(11-5-1)19(17-12-6-2-7-13-17)18-14-8-3-9-15-18;1-2-7-3-4-9-8(5-7)6-10;7-5-1-2-8-6(3-5)4-9;3*1-3-4-2;1-2;;;;/h2*1-15H;2-5,10H,1,6H2;1-3,9H,4H2;3*1,3-4H2,2H3;1H,2H2;2*1H;;/q;;;;;;;;;;+2;/p-2. The molecule has 8 rings (SSSR count). The van der Waals surface area contributed by atoms with Crippen molar-refractivity contribution in [3.8, 4) is 0 Å². The Morgan fingerprint density at radius 1 is 0.480 bits per heavy atom. The average molecular weight is 1340 g/mol. The second-order valence-electron chi connectivity index (χ2n) is 17.2. The molecule has 0 unspecified atom stereocenters. The minimum Gasteiger partial charge on any atom is -0.0622 e. The van der Waals surface area contributed by atoms with Crippen molar-refractivity contribution >= 4 is 107 Å². The number of nitrogens with zero attached hydrogens (tertiary/aromatic N) is 2. The summed E-state index contributed by atoms with van der Waals surface area (Å²) in [6.07, 6.45) is 13.5. The van der Waals surface area contributed by atoms with Crippen molar-refractivity contribution in [2.24, 2.45) is 0 Å². The van der Waals surface area contributed by atoms with Crippen LogP contribution in [0.25, 0.3) is 6.08 Å². The smallest absolute Gasteiger partial charge is 0.0134 e. The number of hydrogen-bond acceptors (Lipinski definition) is 4. The van der Waals surface area contributed by atoms with E-state index in [1.54, 1.807) is 43.9 Å². The molecule has 0 fully saturated rings. The molecule has 0 aliphatic heterocycles. The second-order valence-corrected chi connectivity index (χ2v) is 38.1. The van der Waals surface area contributed by atoms with E-state index in [1.807, 2.05) is 12.1 Å². The van der Waals surface area contributed by atoms with E-state index in [9.17, 15) is 0 Å². The van der Waals surface area contributed by atoms with Gasteiger partial charge in [-0.05, 0) is 77.5 Å². The molecular formula is C64H75BrCl2N2O2P2PdSn. The Kier molecular flexibility index (Phi) is 36.3. The maximum absolute atomic E-state index is 8.66.